The Hall–Kier alpha value is -4.33. The fourth-order valence-electron chi connectivity index (χ4n) is 4.04. The van der Waals surface area contributed by atoms with Gasteiger partial charge in [-0.15, -0.1) is 10.2 Å². The van der Waals surface area contributed by atoms with Crippen molar-refractivity contribution in [2.24, 2.45) is 5.73 Å². The van der Waals surface area contributed by atoms with E-state index in [9.17, 15) is 4.79 Å². The third-order valence-electron chi connectivity index (χ3n) is 5.56. The summed E-state index contributed by atoms with van der Waals surface area (Å²) in [4.78, 5) is 35.3. The molecule has 1 amide bonds. The molecule has 14 heteroatoms. The van der Waals surface area contributed by atoms with Crippen molar-refractivity contribution in [1.29, 1.82) is 0 Å². The minimum absolute atomic E-state index is 0.113. The molecule has 3 aromatic rings. The molecule has 2 heterocycles. The topological polar surface area (TPSA) is 201 Å². The summed E-state index contributed by atoms with van der Waals surface area (Å²) < 4.78 is 39.3. The first-order valence-corrected chi connectivity index (χ1v) is 11.1. The number of aromatic nitrogens is 5. The zero-order valence-corrected chi connectivity index (χ0v) is 20.3. The number of nitrogens with one attached hydrogen (secondary N) is 2. The normalized spacial score (nSPS) is 19.3. The van der Waals surface area contributed by atoms with Crippen molar-refractivity contribution >= 4 is 47.2 Å². The number of anilines is 3. The molecule has 0 unspecified atom stereocenters. The maximum atomic E-state index is 12.0. The van der Waals surface area contributed by atoms with Gasteiger partial charge < -0.3 is 31.5 Å². The first kappa shape index (κ1) is 21.9. The number of likely N-dealkylation sites (N-methyl/N-ethyl adjacent to an activating group) is 1. The molecule has 2 aromatic heterocycles. The van der Waals surface area contributed by atoms with Crippen molar-refractivity contribution in [2.75, 3.05) is 24.7 Å². The van der Waals surface area contributed by atoms with Crippen LogP contribution in [0.4, 0.5) is 17.5 Å². The van der Waals surface area contributed by atoms with Gasteiger partial charge in [0.05, 0.1) is 14.5 Å². The Morgan fingerprint density at radius 3 is 2.62 bits per heavy atom. The Morgan fingerprint density at radius 2 is 1.97 bits per heavy atom. The zero-order chi connectivity index (χ0) is 31.7. The van der Waals surface area contributed by atoms with Crippen LogP contribution in [-0.4, -0.2) is 85.1 Å². The fraction of sp³-hybridized carbons (Fsp3) is 0.435. The Labute approximate surface area is 220 Å². The van der Waals surface area contributed by atoms with Crippen LogP contribution in [0, 0.1) is 0 Å². The van der Waals surface area contributed by atoms with E-state index in [1.807, 2.05) is 14.1 Å². The minimum atomic E-state index is -2.90. The standard InChI is InChI=1S/C21H29N9O.2CH2O2/c1-4-30-16-10-9-14(11-13(16)12-23-30)24-20-18(19(22)31)27-28-21(26-20)25-15-7-5-6-8-17(15)29(2)3;2*2-1-3/h9-12,15,17H,4-8H2,1-3H3,(H2,22,31)(H2,24,25,26,28);2*1H,(H,2,3)/t15-,17+;;/m1../s1/i1D3,4D2;;. The number of nitrogens with zero attached hydrogens (tertiary/aromatic N) is 6. The molecule has 1 saturated carbocycles. The van der Waals surface area contributed by atoms with E-state index in [1.165, 1.54) is 12.3 Å². The van der Waals surface area contributed by atoms with Gasteiger partial charge in [0.1, 0.15) is 0 Å². The van der Waals surface area contributed by atoms with Crippen LogP contribution in [0.25, 0.3) is 10.9 Å². The average molecular weight is 521 g/mol. The highest BCUT2D eigenvalue weighted by Gasteiger charge is 2.27. The van der Waals surface area contributed by atoms with Crippen molar-refractivity contribution in [3.63, 3.8) is 0 Å². The average Bonchev–Trinajstić information content (AvgIpc) is 3.33. The number of rotatable bonds is 7. The SMILES string of the molecule is O=CO.O=CO.[2H]C([2H])([2H])C([2H])([2H])n1ncc2cc(Nc3nc(N[C@@H]4CCCC[C@@H]4N(C)C)nnc3C(N)=O)ccc21. The second kappa shape index (κ2) is 14.3. The number of amides is 1. The number of hydrogen-bond acceptors (Lipinski definition) is 10. The summed E-state index contributed by atoms with van der Waals surface area (Å²) in [6.45, 7) is -6.09. The van der Waals surface area contributed by atoms with Gasteiger partial charge in [0.15, 0.2) is 11.5 Å². The third kappa shape index (κ3) is 7.83. The van der Waals surface area contributed by atoms with Crippen molar-refractivity contribution < 1.29 is 31.5 Å². The van der Waals surface area contributed by atoms with Gasteiger partial charge in [0.2, 0.25) is 5.95 Å². The van der Waals surface area contributed by atoms with Gasteiger partial charge in [-0.05, 0) is 52.0 Å². The first-order chi connectivity index (χ1) is 19.7. The van der Waals surface area contributed by atoms with E-state index < -0.39 is 19.3 Å². The Bertz CT molecular complexity index is 1360. The van der Waals surface area contributed by atoms with E-state index in [1.54, 1.807) is 12.1 Å². The second-order valence-corrected chi connectivity index (χ2v) is 8.04. The summed E-state index contributed by atoms with van der Waals surface area (Å²) in [6.07, 6.45) is 5.62. The lowest BCUT2D eigenvalue weighted by molar-refractivity contribution is -0.123. The van der Waals surface area contributed by atoms with Gasteiger partial charge in [-0.25, -0.2) is 0 Å². The summed E-state index contributed by atoms with van der Waals surface area (Å²) in [6, 6.07) is 5.20. The molecule has 1 aliphatic carbocycles. The van der Waals surface area contributed by atoms with Gasteiger partial charge in [-0.3, -0.25) is 19.1 Å². The molecule has 1 aromatic carbocycles. The van der Waals surface area contributed by atoms with Crippen LogP contribution in [0.5, 0.6) is 0 Å². The Morgan fingerprint density at radius 1 is 1.27 bits per heavy atom. The number of carboxylic acid groups (broad SMARTS) is 2. The highest BCUT2D eigenvalue weighted by Crippen LogP contribution is 2.26. The first-order valence-electron chi connectivity index (χ1n) is 13.6. The second-order valence-electron chi connectivity index (χ2n) is 8.04. The van der Waals surface area contributed by atoms with Crippen LogP contribution >= 0.6 is 0 Å². The molecule has 4 rings (SSSR count). The van der Waals surface area contributed by atoms with Gasteiger partial charge in [0, 0.05) is 33.8 Å². The Kier molecular flexibility index (Phi) is 8.46. The molecule has 14 nitrogen and oxygen atoms in total. The minimum Gasteiger partial charge on any atom is -0.483 e. The number of fused-ring (bicyclic) bond motifs is 1. The maximum absolute atomic E-state index is 12.0. The van der Waals surface area contributed by atoms with E-state index in [2.05, 4.69) is 35.8 Å². The molecular weight excluding hydrogens is 482 g/mol. The van der Waals surface area contributed by atoms with E-state index in [0.29, 0.717) is 22.6 Å². The highest BCUT2D eigenvalue weighted by molar-refractivity contribution is 5.96. The molecule has 6 N–H and O–H groups in total. The van der Waals surface area contributed by atoms with Gasteiger partial charge in [-0.1, -0.05) is 12.8 Å². The maximum Gasteiger partial charge on any atom is 0.290 e. The van der Waals surface area contributed by atoms with Crippen LogP contribution in [0.15, 0.2) is 24.4 Å². The van der Waals surface area contributed by atoms with Gasteiger partial charge in [-0.2, -0.15) is 10.1 Å². The molecule has 0 spiro atoms. The molecule has 2 atom stereocenters. The lowest BCUT2D eigenvalue weighted by Gasteiger charge is -2.36. The lowest BCUT2D eigenvalue weighted by Crippen LogP contribution is -2.45. The molecule has 0 saturated heterocycles. The van der Waals surface area contributed by atoms with E-state index in [-0.39, 0.29) is 36.4 Å². The van der Waals surface area contributed by atoms with E-state index >= 15 is 0 Å². The molecule has 1 aliphatic rings. The third-order valence-corrected chi connectivity index (χ3v) is 5.56. The monoisotopic (exact) mass is 520 g/mol. The number of carbonyl (C=O) groups excluding carboxylic acids is 1. The predicted molar refractivity (Wildman–Crippen MR) is 138 cm³/mol. The van der Waals surface area contributed by atoms with Crippen LogP contribution in [-0.2, 0) is 16.1 Å². The molecule has 0 aliphatic heterocycles. The number of carbonyl (C=O) groups is 3. The number of benzene rings is 1. The van der Waals surface area contributed by atoms with E-state index in [4.69, 9.17) is 32.4 Å². The largest absolute Gasteiger partial charge is 0.483 e. The molecule has 1 fully saturated rings. The quantitative estimate of drug-likeness (QED) is 0.283. The lowest BCUT2D eigenvalue weighted by atomic mass is 9.89. The summed E-state index contributed by atoms with van der Waals surface area (Å²) in [5.74, 6) is -0.421. The number of hydrogen-bond donors (Lipinski definition) is 5. The number of nitrogens with two attached hydrogens (primary N) is 1. The van der Waals surface area contributed by atoms with Gasteiger partial charge in [0.25, 0.3) is 18.9 Å². The van der Waals surface area contributed by atoms with Crippen LogP contribution in [0.1, 0.15) is 49.9 Å². The summed E-state index contributed by atoms with van der Waals surface area (Å²) in [5, 5.41) is 32.6. The summed E-state index contributed by atoms with van der Waals surface area (Å²) >= 11 is 0. The number of aryl methyl sites for hydroxylation is 1. The predicted octanol–water partition coefficient (Wildman–Crippen LogP) is 1.77. The van der Waals surface area contributed by atoms with Crippen molar-refractivity contribution in [3.05, 3.63) is 30.1 Å². The summed E-state index contributed by atoms with van der Waals surface area (Å²) in [7, 11) is 4.07. The summed E-state index contributed by atoms with van der Waals surface area (Å²) in [5.41, 5.74) is 6.15. The number of primary amides is 1. The molecule has 37 heavy (non-hydrogen) atoms. The molecule has 0 radical (unpaired) electrons. The van der Waals surface area contributed by atoms with Crippen molar-refractivity contribution in [1.82, 2.24) is 29.9 Å². The van der Waals surface area contributed by atoms with Gasteiger partial charge >= 0.3 is 0 Å². The van der Waals surface area contributed by atoms with Crippen LogP contribution in [0.3, 0.4) is 0 Å². The fourth-order valence-corrected chi connectivity index (χ4v) is 4.04. The van der Waals surface area contributed by atoms with Crippen LogP contribution < -0.4 is 16.4 Å². The zero-order valence-electron chi connectivity index (χ0n) is 25.3. The van der Waals surface area contributed by atoms with Crippen molar-refractivity contribution in [2.45, 2.75) is 51.1 Å². The van der Waals surface area contributed by atoms with Crippen molar-refractivity contribution in [3.8, 4) is 0 Å². The molecule has 200 valence electrons. The molecular formula is C23H33N9O5. The smallest absolute Gasteiger partial charge is 0.290 e. The molecule has 0 bridgehead atoms. The van der Waals surface area contributed by atoms with E-state index in [0.717, 1.165) is 30.4 Å². The highest BCUT2D eigenvalue weighted by atomic mass is 16.3. The van der Waals surface area contributed by atoms with Crippen LogP contribution in [0.2, 0.25) is 0 Å². The Balaban J connectivity index is 0.000000946.